The van der Waals surface area contributed by atoms with Crippen LogP contribution in [0.15, 0.2) is 30.7 Å². The number of alkyl halides is 3. The van der Waals surface area contributed by atoms with Crippen LogP contribution in [-0.4, -0.2) is 36.8 Å². The number of fused-ring (bicyclic) bond motifs is 1. The van der Waals surface area contributed by atoms with Crippen molar-refractivity contribution < 1.29 is 18.0 Å². The zero-order valence-corrected chi connectivity index (χ0v) is 14.2. The van der Waals surface area contributed by atoms with Crippen LogP contribution in [-0.2, 0) is 12.7 Å². The van der Waals surface area contributed by atoms with Crippen molar-refractivity contribution in [2.75, 3.05) is 6.54 Å². The lowest BCUT2D eigenvalue weighted by atomic mass is 10.1. The lowest BCUT2D eigenvalue weighted by Gasteiger charge is -2.16. The number of carbonyl (C=O) groups is 1. The molecule has 0 spiro atoms. The van der Waals surface area contributed by atoms with Crippen LogP contribution in [0, 0.1) is 12.8 Å². The molecular weight excluding hydrogens is 349 g/mol. The number of hydrogen-bond donors (Lipinski definition) is 1. The molecule has 0 fully saturated rings. The summed E-state index contributed by atoms with van der Waals surface area (Å²) in [4.78, 5) is 12.3. The van der Waals surface area contributed by atoms with E-state index < -0.39 is 11.9 Å². The van der Waals surface area contributed by atoms with E-state index in [1.54, 1.807) is 29.7 Å². The zero-order valence-electron chi connectivity index (χ0n) is 14.2. The minimum Gasteiger partial charge on any atom is -0.352 e. The highest BCUT2D eigenvalue weighted by Gasteiger charge is 2.35. The minimum absolute atomic E-state index is 0.0398. The largest absolute Gasteiger partial charge is 0.433 e. The summed E-state index contributed by atoms with van der Waals surface area (Å²) in [7, 11) is 0. The van der Waals surface area contributed by atoms with Gasteiger partial charge in [-0.3, -0.25) is 13.9 Å². The van der Waals surface area contributed by atoms with Crippen molar-refractivity contribution in [3.05, 3.63) is 47.7 Å². The van der Waals surface area contributed by atoms with Crippen LogP contribution in [0.25, 0.3) is 5.65 Å². The number of hydrogen-bond acceptors (Lipinski definition) is 4. The van der Waals surface area contributed by atoms with E-state index in [1.165, 1.54) is 13.3 Å². The molecule has 0 aliphatic rings. The number of aromatic nitrogens is 5. The SMILES string of the molecule is Cc1cc(C(F)(F)F)n(C[C@@H](C)CNC(=O)c2cccn3cnnc23)n1. The molecule has 1 amide bonds. The summed E-state index contributed by atoms with van der Waals surface area (Å²) in [5, 5.41) is 14.3. The Morgan fingerprint density at radius 3 is 2.88 bits per heavy atom. The highest BCUT2D eigenvalue weighted by atomic mass is 19.4. The first-order valence-corrected chi connectivity index (χ1v) is 7.94. The van der Waals surface area contributed by atoms with Gasteiger partial charge in [-0.05, 0) is 31.0 Å². The lowest BCUT2D eigenvalue weighted by Crippen LogP contribution is -2.31. The van der Waals surface area contributed by atoms with Gasteiger partial charge in [0.2, 0.25) is 0 Å². The summed E-state index contributed by atoms with van der Waals surface area (Å²) in [6.07, 6.45) is -1.27. The highest BCUT2D eigenvalue weighted by molar-refractivity contribution is 5.99. The molecule has 7 nitrogen and oxygen atoms in total. The molecule has 0 bridgehead atoms. The van der Waals surface area contributed by atoms with Gasteiger partial charge < -0.3 is 5.32 Å². The lowest BCUT2D eigenvalue weighted by molar-refractivity contribution is -0.144. The maximum atomic E-state index is 13.0. The summed E-state index contributed by atoms with van der Waals surface area (Å²) in [5.74, 6) is -0.611. The maximum Gasteiger partial charge on any atom is 0.433 e. The van der Waals surface area contributed by atoms with Crippen molar-refractivity contribution in [1.82, 2.24) is 29.7 Å². The van der Waals surface area contributed by atoms with Gasteiger partial charge in [0, 0.05) is 19.3 Å². The first-order chi connectivity index (χ1) is 12.3. The van der Waals surface area contributed by atoms with E-state index in [0.29, 0.717) is 16.9 Å². The van der Waals surface area contributed by atoms with Crippen molar-refractivity contribution in [2.45, 2.75) is 26.6 Å². The third-order valence-electron chi connectivity index (χ3n) is 3.86. The van der Waals surface area contributed by atoms with E-state index in [-0.39, 0.29) is 24.9 Å². The van der Waals surface area contributed by atoms with Crippen LogP contribution in [0.2, 0.25) is 0 Å². The zero-order chi connectivity index (χ0) is 18.9. The summed E-state index contributed by atoms with van der Waals surface area (Å²) in [6.45, 7) is 3.49. The fourth-order valence-electron chi connectivity index (χ4n) is 2.66. The molecule has 1 N–H and O–H groups in total. The first-order valence-electron chi connectivity index (χ1n) is 7.94. The van der Waals surface area contributed by atoms with Gasteiger partial charge in [-0.1, -0.05) is 6.92 Å². The van der Waals surface area contributed by atoms with Gasteiger partial charge in [0.15, 0.2) is 5.65 Å². The van der Waals surface area contributed by atoms with Crippen molar-refractivity contribution in [3.63, 3.8) is 0 Å². The fraction of sp³-hybridized carbons (Fsp3) is 0.375. The monoisotopic (exact) mass is 366 g/mol. The molecule has 3 heterocycles. The number of halogens is 3. The number of rotatable bonds is 5. The molecule has 10 heteroatoms. The Balaban J connectivity index is 1.65. The Hall–Kier alpha value is -2.91. The molecule has 0 aromatic carbocycles. The summed E-state index contributed by atoms with van der Waals surface area (Å²) in [6, 6.07) is 4.32. The molecule has 0 aliphatic heterocycles. The van der Waals surface area contributed by atoms with Crippen LogP contribution in [0.5, 0.6) is 0 Å². The van der Waals surface area contributed by atoms with Gasteiger partial charge in [-0.15, -0.1) is 10.2 Å². The predicted octanol–water partition coefficient (Wildman–Crippen LogP) is 2.32. The van der Waals surface area contributed by atoms with Gasteiger partial charge in [0.1, 0.15) is 12.0 Å². The molecule has 138 valence electrons. The van der Waals surface area contributed by atoms with Crippen LogP contribution >= 0.6 is 0 Å². The van der Waals surface area contributed by atoms with E-state index in [0.717, 1.165) is 10.7 Å². The molecule has 3 aromatic heterocycles. The second kappa shape index (κ2) is 6.77. The number of nitrogens with zero attached hydrogens (tertiary/aromatic N) is 5. The van der Waals surface area contributed by atoms with Crippen LogP contribution in [0.4, 0.5) is 13.2 Å². The molecular formula is C16H17F3N6O. The van der Waals surface area contributed by atoms with Gasteiger partial charge >= 0.3 is 6.18 Å². The average Bonchev–Trinajstić information content (AvgIpc) is 3.18. The predicted molar refractivity (Wildman–Crippen MR) is 86.5 cm³/mol. The molecule has 0 radical (unpaired) electrons. The van der Waals surface area contributed by atoms with E-state index in [4.69, 9.17) is 0 Å². The van der Waals surface area contributed by atoms with E-state index >= 15 is 0 Å². The van der Waals surface area contributed by atoms with Crippen molar-refractivity contribution in [1.29, 1.82) is 0 Å². The van der Waals surface area contributed by atoms with Gasteiger partial charge in [0.25, 0.3) is 5.91 Å². The number of pyridine rings is 1. The summed E-state index contributed by atoms with van der Waals surface area (Å²) in [5.41, 5.74) is 0.274. The Morgan fingerprint density at radius 2 is 2.15 bits per heavy atom. The van der Waals surface area contributed by atoms with Crippen molar-refractivity contribution in [3.8, 4) is 0 Å². The van der Waals surface area contributed by atoms with Crippen LogP contribution in [0.3, 0.4) is 0 Å². The quantitative estimate of drug-likeness (QED) is 0.752. The molecule has 3 rings (SSSR count). The second-order valence-corrected chi connectivity index (χ2v) is 6.15. The minimum atomic E-state index is -4.46. The smallest absolute Gasteiger partial charge is 0.352 e. The molecule has 0 saturated carbocycles. The summed E-state index contributed by atoms with van der Waals surface area (Å²) >= 11 is 0. The van der Waals surface area contributed by atoms with Gasteiger partial charge in [-0.25, -0.2) is 0 Å². The van der Waals surface area contributed by atoms with Gasteiger partial charge in [0.05, 0.1) is 11.3 Å². The number of aryl methyl sites for hydroxylation is 1. The van der Waals surface area contributed by atoms with E-state index in [2.05, 4.69) is 20.6 Å². The molecule has 0 saturated heterocycles. The Kier molecular flexibility index (Phi) is 4.66. The number of nitrogens with one attached hydrogen (secondary N) is 1. The average molecular weight is 366 g/mol. The fourth-order valence-corrected chi connectivity index (χ4v) is 2.66. The standard InChI is InChI=1S/C16H17F3N6O/c1-10(8-25-13(16(17,18)19)6-11(2)23-25)7-20-15(26)12-4-3-5-24-9-21-22-14(12)24/h3-6,9-10H,7-8H2,1-2H3,(H,20,26)/t10-/m0/s1. The molecule has 3 aromatic rings. The van der Waals surface area contributed by atoms with Crippen LogP contribution in [0.1, 0.15) is 28.7 Å². The van der Waals surface area contributed by atoms with Crippen molar-refractivity contribution in [2.24, 2.45) is 5.92 Å². The molecule has 26 heavy (non-hydrogen) atoms. The van der Waals surface area contributed by atoms with E-state index in [1.807, 2.05) is 0 Å². The topological polar surface area (TPSA) is 77.1 Å². The summed E-state index contributed by atoms with van der Waals surface area (Å²) < 4.78 is 41.6. The molecule has 0 unspecified atom stereocenters. The Labute approximate surface area is 146 Å². The third kappa shape index (κ3) is 3.68. The second-order valence-electron chi connectivity index (χ2n) is 6.15. The Morgan fingerprint density at radius 1 is 1.38 bits per heavy atom. The number of amides is 1. The van der Waals surface area contributed by atoms with E-state index in [9.17, 15) is 18.0 Å². The normalized spacial score (nSPS) is 13.1. The highest BCUT2D eigenvalue weighted by Crippen LogP contribution is 2.30. The van der Waals surface area contributed by atoms with Gasteiger partial charge in [-0.2, -0.15) is 18.3 Å². The molecule has 0 aliphatic carbocycles. The van der Waals surface area contributed by atoms with Crippen molar-refractivity contribution >= 4 is 11.6 Å². The first kappa shape index (κ1) is 17.9. The maximum absolute atomic E-state index is 13.0. The third-order valence-corrected chi connectivity index (χ3v) is 3.86. The number of carbonyl (C=O) groups excluding carboxylic acids is 1. The van der Waals surface area contributed by atoms with Crippen LogP contribution < -0.4 is 5.32 Å². The Bertz CT molecular complexity index is 930. The molecule has 1 atom stereocenters.